The van der Waals surface area contributed by atoms with Crippen molar-refractivity contribution in [1.29, 1.82) is 0 Å². The van der Waals surface area contributed by atoms with Crippen LogP contribution in [0.4, 0.5) is 13.2 Å². The molecule has 0 aliphatic carbocycles. The van der Waals surface area contributed by atoms with E-state index in [9.17, 15) is 18.0 Å². The maximum Gasteiger partial charge on any atom is 0.433 e. The largest absolute Gasteiger partial charge is 0.433 e. The summed E-state index contributed by atoms with van der Waals surface area (Å²) in [5, 5.41) is 11.9. The summed E-state index contributed by atoms with van der Waals surface area (Å²) in [5.41, 5.74) is -0.0910. The summed E-state index contributed by atoms with van der Waals surface area (Å²) in [6.45, 7) is 3.80. The number of hydrogen-bond acceptors (Lipinski definition) is 7. The molecule has 14 heteroatoms. The maximum atomic E-state index is 13.2. The van der Waals surface area contributed by atoms with Crippen LogP contribution < -0.4 is 5.56 Å². The fourth-order valence-electron chi connectivity index (χ4n) is 3.50. The molecule has 0 unspecified atom stereocenters. The van der Waals surface area contributed by atoms with Gasteiger partial charge >= 0.3 is 6.18 Å². The molecule has 0 aliphatic heterocycles. The van der Waals surface area contributed by atoms with Gasteiger partial charge in [0.1, 0.15) is 28.7 Å². The van der Waals surface area contributed by atoms with Gasteiger partial charge in [0.2, 0.25) is 5.89 Å². The van der Waals surface area contributed by atoms with Gasteiger partial charge in [-0.05, 0) is 40.2 Å². The van der Waals surface area contributed by atoms with Gasteiger partial charge in [-0.2, -0.15) is 18.3 Å². The summed E-state index contributed by atoms with van der Waals surface area (Å²) >= 11 is 10.9. The van der Waals surface area contributed by atoms with Crippen LogP contribution in [0.5, 0.6) is 0 Å². The van der Waals surface area contributed by atoms with Crippen LogP contribution in [0, 0.1) is 0 Å². The number of thiophene rings is 1. The molecule has 0 saturated heterocycles. The SMILES string of the molecule is CC(C)c1nn(Cc2nnc(-c3ccc(C(F)(F)F)nc3Cl)o2)c(=O)c2cc3sc(Br)cc3n12. The molecule has 0 aromatic carbocycles. The first-order valence-corrected chi connectivity index (χ1v) is 11.8. The first kappa shape index (κ1) is 23.0. The second-order valence-electron chi connectivity index (χ2n) is 7.67. The molecule has 5 aromatic rings. The molecule has 176 valence electrons. The Morgan fingerprint density at radius 2 is 1.97 bits per heavy atom. The first-order chi connectivity index (χ1) is 16.0. The Morgan fingerprint density at radius 1 is 1.21 bits per heavy atom. The highest BCUT2D eigenvalue weighted by Gasteiger charge is 2.33. The van der Waals surface area contributed by atoms with E-state index < -0.39 is 17.0 Å². The molecule has 5 rings (SSSR count). The minimum absolute atomic E-state index is 0.00102. The average molecular weight is 574 g/mol. The number of halogens is 5. The Balaban J connectivity index is 1.54. The van der Waals surface area contributed by atoms with Gasteiger partial charge in [-0.15, -0.1) is 21.5 Å². The number of rotatable bonds is 4. The molecule has 0 aliphatic rings. The monoisotopic (exact) mass is 572 g/mol. The summed E-state index contributed by atoms with van der Waals surface area (Å²) in [6, 6.07) is 5.63. The molecular formula is C20H13BrClF3N6O2S. The predicted octanol–water partition coefficient (Wildman–Crippen LogP) is 5.76. The lowest BCUT2D eigenvalue weighted by atomic mass is 10.2. The third-order valence-electron chi connectivity index (χ3n) is 5.00. The van der Waals surface area contributed by atoms with Gasteiger partial charge in [-0.1, -0.05) is 25.4 Å². The van der Waals surface area contributed by atoms with Gasteiger partial charge in [0, 0.05) is 5.92 Å². The van der Waals surface area contributed by atoms with E-state index in [1.54, 1.807) is 0 Å². The molecule has 0 saturated carbocycles. The van der Waals surface area contributed by atoms with Crippen molar-refractivity contribution in [1.82, 2.24) is 29.4 Å². The number of alkyl halides is 3. The van der Waals surface area contributed by atoms with Gasteiger partial charge in [-0.25, -0.2) is 9.67 Å². The highest BCUT2D eigenvalue weighted by molar-refractivity contribution is 9.11. The Hall–Kier alpha value is -2.77. The summed E-state index contributed by atoms with van der Waals surface area (Å²) in [7, 11) is 0. The van der Waals surface area contributed by atoms with Gasteiger partial charge < -0.3 is 4.42 Å². The highest BCUT2D eigenvalue weighted by atomic mass is 79.9. The molecule has 0 fully saturated rings. The molecule has 8 nitrogen and oxygen atoms in total. The first-order valence-electron chi connectivity index (χ1n) is 9.81. The van der Waals surface area contributed by atoms with Crippen molar-refractivity contribution in [3.8, 4) is 11.5 Å². The van der Waals surface area contributed by atoms with Crippen LogP contribution in [0.2, 0.25) is 5.15 Å². The molecular weight excluding hydrogens is 561 g/mol. The summed E-state index contributed by atoms with van der Waals surface area (Å²) in [6.07, 6.45) is -4.63. The number of pyridine rings is 1. The lowest BCUT2D eigenvalue weighted by Crippen LogP contribution is -2.28. The molecule has 34 heavy (non-hydrogen) atoms. The molecule has 5 aromatic heterocycles. The minimum atomic E-state index is -4.63. The van der Waals surface area contributed by atoms with Crippen molar-refractivity contribution in [2.24, 2.45) is 0 Å². The third kappa shape index (κ3) is 3.91. The zero-order chi connectivity index (χ0) is 24.4. The van der Waals surface area contributed by atoms with Gasteiger partial charge in [0.25, 0.3) is 11.4 Å². The van der Waals surface area contributed by atoms with E-state index in [2.05, 4.69) is 36.2 Å². The second kappa shape index (κ2) is 8.17. The molecule has 0 N–H and O–H groups in total. The van der Waals surface area contributed by atoms with Crippen LogP contribution >= 0.6 is 38.9 Å². The number of hydrogen-bond donors (Lipinski definition) is 0. The lowest BCUT2D eigenvalue weighted by molar-refractivity contribution is -0.141. The van der Waals surface area contributed by atoms with Crippen LogP contribution in [-0.4, -0.2) is 29.4 Å². The fourth-order valence-corrected chi connectivity index (χ4v) is 5.28. The average Bonchev–Trinajstić information content (AvgIpc) is 3.44. The smallest absolute Gasteiger partial charge is 0.419 e. The Kier molecular flexibility index (Phi) is 5.52. The molecule has 0 amide bonds. The molecule has 5 heterocycles. The normalized spacial score (nSPS) is 12.5. The highest BCUT2D eigenvalue weighted by Crippen LogP contribution is 2.34. The van der Waals surface area contributed by atoms with Gasteiger partial charge in [0.05, 0.1) is 19.6 Å². The Bertz CT molecular complexity index is 1620. The van der Waals surface area contributed by atoms with Crippen LogP contribution in [-0.2, 0) is 12.7 Å². The predicted molar refractivity (Wildman–Crippen MR) is 123 cm³/mol. The third-order valence-corrected chi connectivity index (χ3v) is 6.87. The number of nitrogens with zero attached hydrogens (tertiary/aromatic N) is 6. The van der Waals surface area contributed by atoms with Crippen LogP contribution in [0.25, 0.3) is 27.2 Å². The van der Waals surface area contributed by atoms with E-state index in [1.165, 1.54) is 16.0 Å². The van der Waals surface area contributed by atoms with E-state index in [4.69, 9.17) is 16.0 Å². The quantitative estimate of drug-likeness (QED) is 0.254. The Morgan fingerprint density at radius 3 is 2.65 bits per heavy atom. The van der Waals surface area contributed by atoms with Gasteiger partial charge in [0.15, 0.2) is 0 Å². The zero-order valence-corrected chi connectivity index (χ0v) is 20.6. The van der Waals surface area contributed by atoms with Crippen molar-refractivity contribution in [3.05, 3.63) is 61.0 Å². The van der Waals surface area contributed by atoms with Crippen LogP contribution in [0.1, 0.15) is 37.2 Å². The summed E-state index contributed by atoms with van der Waals surface area (Å²) in [4.78, 5) is 16.5. The van der Waals surface area contributed by atoms with E-state index in [-0.39, 0.29) is 35.4 Å². The van der Waals surface area contributed by atoms with E-state index >= 15 is 0 Å². The van der Waals surface area contributed by atoms with Crippen LogP contribution in [0.3, 0.4) is 0 Å². The van der Waals surface area contributed by atoms with Gasteiger partial charge in [-0.3, -0.25) is 9.20 Å². The topological polar surface area (TPSA) is 91.1 Å². The van der Waals surface area contributed by atoms with Crippen molar-refractivity contribution in [2.75, 3.05) is 0 Å². The summed E-state index contributed by atoms with van der Waals surface area (Å²) in [5.74, 6) is 0.590. The number of fused-ring (bicyclic) bond motifs is 3. The minimum Gasteiger partial charge on any atom is -0.419 e. The molecule has 0 atom stereocenters. The molecule has 0 radical (unpaired) electrons. The van der Waals surface area contributed by atoms with Crippen molar-refractivity contribution < 1.29 is 17.6 Å². The summed E-state index contributed by atoms with van der Waals surface area (Å²) < 4.78 is 49.0. The van der Waals surface area contributed by atoms with Crippen molar-refractivity contribution in [3.63, 3.8) is 0 Å². The second-order valence-corrected chi connectivity index (χ2v) is 10.5. The fraction of sp³-hybridized carbons (Fsp3) is 0.250. The van der Waals surface area contributed by atoms with E-state index in [0.29, 0.717) is 11.3 Å². The Labute approximate surface area is 206 Å². The van der Waals surface area contributed by atoms with E-state index in [1.807, 2.05) is 30.4 Å². The standard InChI is InChI=1S/C20H13BrClF3N6O2S/c1-8(2)17-29-30(19(32)11-5-12-10(31(11)17)6-14(21)34-12)7-15-27-28-18(33-15)9-3-4-13(20(23,24)25)26-16(9)22/h3-6,8H,7H2,1-2H3. The number of aromatic nitrogens is 6. The van der Waals surface area contributed by atoms with Crippen molar-refractivity contribution in [2.45, 2.75) is 32.5 Å². The van der Waals surface area contributed by atoms with Crippen LogP contribution in [0.15, 0.2) is 37.3 Å². The van der Waals surface area contributed by atoms with Crippen molar-refractivity contribution >= 4 is 54.6 Å². The maximum absolute atomic E-state index is 13.2. The lowest BCUT2D eigenvalue weighted by Gasteiger charge is -2.12. The molecule has 0 spiro atoms. The van der Waals surface area contributed by atoms with E-state index in [0.717, 1.165) is 26.1 Å². The zero-order valence-electron chi connectivity index (χ0n) is 17.4. The molecule has 0 bridgehead atoms.